The van der Waals surface area contributed by atoms with Crippen molar-refractivity contribution in [1.82, 2.24) is 15.5 Å². The van der Waals surface area contributed by atoms with Crippen LogP contribution >= 0.6 is 23.1 Å². The maximum Gasteiger partial charge on any atom is 0.227 e. The van der Waals surface area contributed by atoms with Gasteiger partial charge in [-0.05, 0) is 5.56 Å². The number of amides is 1. The van der Waals surface area contributed by atoms with Gasteiger partial charge in [0.1, 0.15) is 0 Å². The average Bonchev–Trinajstić information content (AvgIpc) is 3.02. The second-order valence-corrected chi connectivity index (χ2v) is 7.33. The van der Waals surface area contributed by atoms with E-state index in [1.54, 1.807) is 11.8 Å². The molecule has 0 radical (unpaired) electrons. The van der Waals surface area contributed by atoms with E-state index in [-0.39, 0.29) is 11.9 Å². The predicted molar refractivity (Wildman–Crippen MR) is 91.8 cm³/mol. The standard InChI is InChI=1S/C15H18N4O2S2/c20-13(8-12-9-21-7-6-16-12)17-14-18-19-15(23-14)22-10-11-4-2-1-3-5-11/h1-5,12,16H,6-10H2,(H,17,18,20). The molecule has 3 rings (SSSR count). The Morgan fingerprint density at radius 1 is 1.39 bits per heavy atom. The molecule has 1 amide bonds. The lowest BCUT2D eigenvalue weighted by Crippen LogP contribution is -2.43. The number of aromatic nitrogens is 2. The second kappa shape index (κ2) is 8.39. The van der Waals surface area contributed by atoms with Crippen molar-refractivity contribution in [3.8, 4) is 0 Å². The molecule has 2 heterocycles. The van der Waals surface area contributed by atoms with E-state index >= 15 is 0 Å². The number of hydrogen-bond acceptors (Lipinski definition) is 7. The van der Waals surface area contributed by atoms with Gasteiger partial charge in [0, 0.05) is 24.8 Å². The van der Waals surface area contributed by atoms with E-state index in [1.165, 1.54) is 16.9 Å². The molecule has 1 unspecified atom stereocenters. The van der Waals surface area contributed by atoms with Gasteiger partial charge in [0.15, 0.2) is 4.34 Å². The third-order valence-electron chi connectivity index (χ3n) is 3.29. The fraction of sp³-hybridized carbons (Fsp3) is 0.400. The summed E-state index contributed by atoms with van der Waals surface area (Å²) in [6, 6.07) is 10.3. The lowest BCUT2D eigenvalue weighted by molar-refractivity contribution is -0.117. The molecular weight excluding hydrogens is 332 g/mol. The van der Waals surface area contributed by atoms with Crippen LogP contribution in [0.15, 0.2) is 34.7 Å². The van der Waals surface area contributed by atoms with E-state index < -0.39 is 0 Å². The first-order valence-electron chi connectivity index (χ1n) is 7.41. The molecule has 1 fully saturated rings. The zero-order valence-electron chi connectivity index (χ0n) is 12.5. The van der Waals surface area contributed by atoms with Crippen molar-refractivity contribution in [2.24, 2.45) is 0 Å². The van der Waals surface area contributed by atoms with Gasteiger partial charge >= 0.3 is 0 Å². The maximum absolute atomic E-state index is 12.0. The minimum absolute atomic E-state index is 0.0660. The molecule has 2 N–H and O–H groups in total. The van der Waals surface area contributed by atoms with Crippen LogP contribution in [0.4, 0.5) is 5.13 Å². The van der Waals surface area contributed by atoms with E-state index in [2.05, 4.69) is 33.0 Å². The van der Waals surface area contributed by atoms with Gasteiger partial charge in [0.05, 0.1) is 13.2 Å². The van der Waals surface area contributed by atoms with Crippen molar-refractivity contribution in [2.45, 2.75) is 22.6 Å². The number of rotatable bonds is 6. The molecule has 2 aromatic rings. The second-order valence-electron chi connectivity index (χ2n) is 5.13. The van der Waals surface area contributed by atoms with Gasteiger partial charge in [-0.15, -0.1) is 10.2 Å². The molecule has 122 valence electrons. The molecule has 0 saturated carbocycles. The van der Waals surface area contributed by atoms with Crippen LogP contribution in [0.1, 0.15) is 12.0 Å². The van der Waals surface area contributed by atoms with Crippen LogP contribution in [-0.2, 0) is 15.3 Å². The smallest absolute Gasteiger partial charge is 0.227 e. The van der Waals surface area contributed by atoms with Gasteiger partial charge in [-0.2, -0.15) is 0 Å². The van der Waals surface area contributed by atoms with Crippen LogP contribution in [0.3, 0.4) is 0 Å². The van der Waals surface area contributed by atoms with Crippen LogP contribution in [0, 0.1) is 0 Å². The molecule has 0 aliphatic carbocycles. The van der Waals surface area contributed by atoms with Gasteiger partial charge in [-0.25, -0.2) is 0 Å². The monoisotopic (exact) mass is 350 g/mol. The normalized spacial score (nSPS) is 17.8. The van der Waals surface area contributed by atoms with Crippen molar-refractivity contribution in [3.63, 3.8) is 0 Å². The molecule has 1 saturated heterocycles. The summed E-state index contributed by atoms with van der Waals surface area (Å²) >= 11 is 3.02. The Labute approximate surface area is 143 Å². The summed E-state index contributed by atoms with van der Waals surface area (Å²) < 4.78 is 6.19. The molecule has 1 aromatic heterocycles. The molecule has 1 aromatic carbocycles. The summed E-state index contributed by atoms with van der Waals surface area (Å²) in [5.74, 6) is 0.774. The van der Waals surface area contributed by atoms with Gasteiger partial charge < -0.3 is 15.4 Å². The van der Waals surface area contributed by atoms with Gasteiger partial charge in [0.25, 0.3) is 0 Å². The summed E-state index contributed by atoms with van der Waals surface area (Å²) in [5, 5.41) is 14.7. The molecular formula is C15H18N4O2S2. The predicted octanol–water partition coefficient (Wildman–Crippen LogP) is 2.15. The molecule has 8 heteroatoms. The highest BCUT2D eigenvalue weighted by Crippen LogP contribution is 2.28. The largest absolute Gasteiger partial charge is 0.378 e. The topological polar surface area (TPSA) is 76.1 Å². The number of nitrogens with one attached hydrogen (secondary N) is 2. The summed E-state index contributed by atoms with van der Waals surface area (Å²) in [5.41, 5.74) is 1.24. The van der Waals surface area contributed by atoms with Crippen LogP contribution in [0.25, 0.3) is 0 Å². The number of thioether (sulfide) groups is 1. The van der Waals surface area contributed by atoms with Crippen molar-refractivity contribution >= 4 is 34.1 Å². The molecule has 23 heavy (non-hydrogen) atoms. The molecule has 1 atom stereocenters. The third kappa shape index (κ3) is 5.28. The fourth-order valence-corrected chi connectivity index (χ4v) is 3.91. The lowest BCUT2D eigenvalue weighted by Gasteiger charge is -2.22. The number of carbonyl (C=O) groups excluding carboxylic acids is 1. The van der Waals surface area contributed by atoms with Crippen molar-refractivity contribution in [2.75, 3.05) is 25.1 Å². The number of hydrogen-bond donors (Lipinski definition) is 2. The Hall–Kier alpha value is -1.48. The van der Waals surface area contributed by atoms with Crippen LogP contribution < -0.4 is 10.6 Å². The number of anilines is 1. The van der Waals surface area contributed by atoms with Crippen molar-refractivity contribution < 1.29 is 9.53 Å². The van der Waals surface area contributed by atoms with Crippen LogP contribution in [-0.4, -0.2) is 41.9 Å². The number of nitrogens with zero attached hydrogens (tertiary/aromatic N) is 2. The SMILES string of the molecule is O=C(CC1COCCN1)Nc1nnc(SCc2ccccc2)s1. The molecule has 1 aliphatic heterocycles. The Morgan fingerprint density at radius 3 is 3.04 bits per heavy atom. The van der Waals surface area contributed by atoms with E-state index in [4.69, 9.17) is 4.74 Å². The van der Waals surface area contributed by atoms with Crippen molar-refractivity contribution in [3.05, 3.63) is 35.9 Å². The average molecular weight is 350 g/mol. The Balaban J connectivity index is 1.45. The first-order valence-corrected chi connectivity index (χ1v) is 9.21. The fourth-order valence-electron chi connectivity index (χ4n) is 2.18. The van der Waals surface area contributed by atoms with E-state index in [9.17, 15) is 4.79 Å². The van der Waals surface area contributed by atoms with Crippen LogP contribution in [0.2, 0.25) is 0 Å². The molecule has 1 aliphatic rings. The third-order valence-corrected chi connectivity index (χ3v) is 5.33. The highest BCUT2D eigenvalue weighted by Gasteiger charge is 2.18. The Morgan fingerprint density at radius 2 is 2.26 bits per heavy atom. The minimum atomic E-state index is -0.0660. The summed E-state index contributed by atoms with van der Waals surface area (Å²) in [7, 11) is 0. The lowest BCUT2D eigenvalue weighted by atomic mass is 10.2. The van der Waals surface area contributed by atoms with Crippen molar-refractivity contribution in [1.29, 1.82) is 0 Å². The van der Waals surface area contributed by atoms with E-state index in [0.29, 0.717) is 24.8 Å². The summed E-state index contributed by atoms with van der Waals surface area (Å²) in [4.78, 5) is 12.0. The highest BCUT2D eigenvalue weighted by atomic mass is 32.2. The zero-order valence-corrected chi connectivity index (χ0v) is 14.2. The van der Waals surface area contributed by atoms with Crippen LogP contribution in [0.5, 0.6) is 0 Å². The number of benzene rings is 1. The van der Waals surface area contributed by atoms with Gasteiger partial charge in [0.2, 0.25) is 11.0 Å². The van der Waals surface area contributed by atoms with E-state index in [0.717, 1.165) is 16.6 Å². The number of carbonyl (C=O) groups is 1. The summed E-state index contributed by atoms with van der Waals surface area (Å²) in [6.45, 7) is 2.06. The molecule has 0 bridgehead atoms. The maximum atomic E-state index is 12.0. The zero-order chi connectivity index (χ0) is 15.9. The quantitative estimate of drug-likeness (QED) is 0.614. The highest BCUT2D eigenvalue weighted by molar-refractivity contribution is 8.00. The number of morpholine rings is 1. The van der Waals surface area contributed by atoms with Gasteiger partial charge in [-0.3, -0.25) is 4.79 Å². The first kappa shape index (κ1) is 16.4. The Bertz CT molecular complexity index is 629. The van der Waals surface area contributed by atoms with E-state index in [1.807, 2.05) is 18.2 Å². The van der Waals surface area contributed by atoms with Gasteiger partial charge in [-0.1, -0.05) is 53.4 Å². The Kier molecular flexibility index (Phi) is 5.98. The number of ether oxygens (including phenoxy) is 1. The first-order chi connectivity index (χ1) is 11.3. The summed E-state index contributed by atoms with van der Waals surface area (Å²) in [6.07, 6.45) is 0.381. The molecule has 0 spiro atoms. The minimum Gasteiger partial charge on any atom is -0.378 e. The molecule has 6 nitrogen and oxygen atoms in total.